The van der Waals surface area contributed by atoms with Crippen LogP contribution in [-0.4, -0.2) is 29.8 Å². The van der Waals surface area contributed by atoms with Crippen molar-refractivity contribution in [2.75, 3.05) is 23.7 Å². The summed E-state index contributed by atoms with van der Waals surface area (Å²) < 4.78 is 0. The summed E-state index contributed by atoms with van der Waals surface area (Å²) in [6.07, 6.45) is 4.12. The Morgan fingerprint density at radius 1 is 0.800 bits per heavy atom. The first kappa shape index (κ1) is 17.0. The van der Waals surface area contributed by atoms with Crippen LogP contribution < -0.4 is 10.6 Å². The van der Waals surface area contributed by atoms with E-state index < -0.39 is 11.8 Å². The number of likely N-dealkylation sites (tertiary alicyclic amines) is 1. The second kappa shape index (κ2) is 7.83. The van der Waals surface area contributed by atoms with E-state index >= 15 is 0 Å². The van der Waals surface area contributed by atoms with E-state index in [0.29, 0.717) is 30.2 Å². The minimum absolute atomic E-state index is 0.442. The highest BCUT2D eigenvalue weighted by molar-refractivity contribution is 6.42. The molecule has 0 aliphatic carbocycles. The van der Waals surface area contributed by atoms with E-state index in [1.165, 1.54) is 4.90 Å². The van der Waals surface area contributed by atoms with Crippen LogP contribution in [0.3, 0.4) is 0 Å². The molecule has 0 aromatic heterocycles. The minimum Gasteiger partial charge on any atom is -0.399 e. The van der Waals surface area contributed by atoms with Gasteiger partial charge in [0.1, 0.15) is 0 Å². The van der Waals surface area contributed by atoms with Gasteiger partial charge in [0.2, 0.25) is 0 Å². The van der Waals surface area contributed by atoms with Crippen molar-refractivity contribution in [1.29, 1.82) is 0 Å². The van der Waals surface area contributed by atoms with E-state index in [9.17, 15) is 9.59 Å². The van der Waals surface area contributed by atoms with Crippen molar-refractivity contribution in [3.63, 3.8) is 0 Å². The van der Waals surface area contributed by atoms with E-state index in [1.54, 1.807) is 29.2 Å². The van der Waals surface area contributed by atoms with Crippen LogP contribution in [-0.2, 0) is 9.59 Å². The molecule has 5 nitrogen and oxygen atoms in total. The van der Waals surface area contributed by atoms with Gasteiger partial charge in [-0.3, -0.25) is 14.5 Å². The summed E-state index contributed by atoms with van der Waals surface area (Å²) in [5.41, 5.74) is 7.67. The van der Waals surface area contributed by atoms with E-state index in [2.05, 4.69) is 0 Å². The molecular weight excluding hydrogens is 314 g/mol. The lowest BCUT2D eigenvalue weighted by Gasteiger charge is -2.26. The second-order valence-corrected chi connectivity index (χ2v) is 6.27. The number of benzene rings is 2. The summed E-state index contributed by atoms with van der Waals surface area (Å²) >= 11 is 0. The molecule has 0 radical (unpaired) electrons. The number of carbonyl (C=O) groups excluding carboxylic acids is 2. The van der Waals surface area contributed by atoms with Crippen LogP contribution in [0.2, 0.25) is 0 Å². The van der Waals surface area contributed by atoms with Crippen molar-refractivity contribution in [3.05, 3.63) is 54.6 Å². The number of nitrogens with two attached hydrogens (primary N) is 1. The normalized spacial score (nSPS) is 14.6. The second-order valence-electron chi connectivity index (χ2n) is 6.27. The van der Waals surface area contributed by atoms with Crippen LogP contribution in [0.25, 0.3) is 0 Å². The first-order chi connectivity index (χ1) is 12.2. The fourth-order valence-electron chi connectivity index (χ4n) is 3.09. The monoisotopic (exact) mass is 337 g/mol. The molecule has 5 heteroatoms. The van der Waals surface area contributed by atoms with Gasteiger partial charge in [-0.15, -0.1) is 0 Å². The first-order valence-electron chi connectivity index (χ1n) is 8.71. The van der Waals surface area contributed by atoms with Crippen LogP contribution in [0.5, 0.6) is 0 Å². The molecule has 2 aromatic carbocycles. The zero-order valence-corrected chi connectivity index (χ0v) is 14.2. The van der Waals surface area contributed by atoms with Gasteiger partial charge in [0.25, 0.3) is 0 Å². The number of hydrogen-bond donors (Lipinski definition) is 1. The maximum atomic E-state index is 13.0. The Kier molecular flexibility index (Phi) is 5.33. The molecule has 25 heavy (non-hydrogen) atoms. The number of anilines is 3. The summed E-state index contributed by atoms with van der Waals surface area (Å²) in [5.74, 6) is -0.972. The zero-order chi connectivity index (χ0) is 17.6. The summed E-state index contributed by atoms with van der Waals surface area (Å²) in [7, 11) is 0. The highest BCUT2D eigenvalue weighted by Gasteiger charge is 2.29. The van der Waals surface area contributed by atoms with Crippen molar-refractivity contribution in [2.45, 2.75) is 25.7 Å². The Balaban J connectivity index is 1.92. The van der Waals surface area contributed by atoms with Gasteiger partial charge >= 0.3 is 11.8 Å². The summed E-state index contributed by atoms with van der Waals surface area (Å²) in [5, 5.41) is 0. The Morgan fingerprint density at radius 3 is 1.96 bits per heavy atom. The molecule has 1 aliphatic rings. The third kappa shape index (κ3) is 3.99. The standard InChI is InChI=1S/C20H23N3O2/c21-16-10-12-18(13-11-16)23(17-8-4-3-5-9-17)20(25)19(24)22-14-6-1-2-7-15-22/h3-5,8-13H,1-2,6-7,14-15,21H2. The predicted molar refractivity (Wildman–Crippen MR) is 99.5 cm³/mol. The van der Waals surface area contributed by atoms with E-state index in [1.807, 2.05) is 30.3 Å². The van der Waals surface area contributed by atoms with Gasteiger partial charge < -0.3 is 10.6 Å². The number of amides is 2. The van der Waals surface area contributed by atoms with Gasteiger partial charge in [-0.05, 0) is 49.2 Å². The number of nitrogen functional groups attached to an aromatic ring is 1. The highest BCUT2D eigenvalue weighted by atomic mass is 16.2. The third-order valence-electron chi connectivity index (χ3n) is 4.44. The van der Waals surface area contributed by atoms with Gasteiger partial charge in [0.05, 0.1) is 0 Å². The van der Waals surface area contributed by atoms with E-state index in [4.69, 9.17) is 5.73 Å². The van der Waals surface area contributed by atoms with E-state index in [-0.39, 0.29) is 0 Å². The molecule has 2 amide bonds. The van der Waals surface area contributed by atoms with Crippen molar-refractivity contribution < 1.29 is 9.59 Å². The predicted octanol–water partition coefficient (Wildman–Crippen LogP) is 3.34. The molecule has 0 spiro atoms. The van der Waals surface area contributed by atoms with Crippen LogP contribution in [0, 0.1) is 0 Å². The average Bonchev–Trinajstić information content (AvgIpc) is 2.93. The van der Waals surface area contributed by atoms with Crippen LogP contribution in [0.1, 0.15) is 25.7 Å². The molecule has 3 rings (SSSR count). The molecule has 2 N–H and O–H groups in total. The highest BCUT2D eigenvalue weighted by Crippen LogP contribution is 2.27. The number of rotatable bonds is 2. The van der Waals surface area contributed by atoms with Crippen molar-refractivity contribution >= 4 is 28.9 Å². The van der Waals surface area contributed by atoms with Gasteiger partial charge in [-0.2, -0.15) is 0 Å². The maximum absolute atomic E-state index is 13.0. The quantitative estimate of drug-likeness (QED) is 0.675. The Hall–Kier alpha value is -2.82. The Morgan fingerprint density at radius 2 is 1.36 bits per heavy atom. The van der Waals surface area contributed by atoms with Gasteiger partial charge in [0, 0.05) is 30.2 Å². The molecule has 0 saturated carbocycles. The smallest absolute Gasteiger partial charge is 0.321 e. The number of carbonyl (C=O) groups is 2. The first-order valence-corrected chi connectivity index (χ1v) is 8.71. The SMILES string of the molecule is Nc1ccc(N(C(=O)C(=O)N2CCCCCC2)c2ccccc2)cc1. The van der Waals surface area contributed by atoms with E-state index in [0.717, 1.165) is 25.7 Å². The van der Waals surface area contributed by atoms with Crippen molar-refractivity contribution in [2.24, 2.45) is 0 Å². The Bertz CT molecular complexity index is 720. The number of nitrogens with zero attached hydrogens (tertiary/aromatic N) is 2. The molecule has 0 unspecified atom stereocenters. The minimum atomic E-state index is -0.530. The van der Waals surface area contributed by atoms with Crippen molar-refractivity contribution in [1.82, 2.24) is 4.90 Å². The number of para-hydroxylation sites is 1. The van der Waals surface area contributed by atoms with Gasteiger partial charge in [-0.25, -0.2) is 0 Å². The molecule has 0 bridgehead atoms. The van der Waals surface area contributed by atoms with Crippen molar-refractivity contribution in [3.8, 4) is 0 Å². The molecule has 0 atom stereocenters. The van der Waals surface area contributed by atoms with Gasteiger partial charge in [0.15, 0.2) is 0 Å². The lowest BCUT2D eigenvalue weighted by Crippen LogP contribution is -2.44. The fourth-order valence-corrected chi connectivity index (χ4v) is 3.09. The van der Waals surface area contributed by atoms with Crippen LogP contribution in [0.4, 0.5) is 17.1 Å². The molecule has 1 saturated heterocycles. The molecule has 130 valence electrons. The molecule has 1 fully saturated rings. The molecule has 2 aromatic rings. The molecule has 1 aliphatic heterocycles. The van der Waals surface area contributed by atoms with Crippen LogP contribution in [0.15, 0.2) is 54.6 Å². The summed E-state index contributed by atoms with van der Waals surface area (Å²) in [6.45, 7) is 1.30. The Labute approximate surface area is 148 Å². The lowest BCUT2D eigenvalue weighted by atomic mass is 10.2. The summed E-state index contributed by atoms with van der Waals surface area (Å²) in [4.78, 5) is 29.0. The third-order valence-corrected chi connectivity index (χ3v) is 4.44. The largest absolute Gasteiger partial charge is 0.399 e. The maximum Gasteiger partial charge on any atom is 0.321 e. The zero-order valence-electron chi connectivity index (χ0n) is 14.2. The number of hydrogen-bond acceptors (Lipinski definition) is 3. The molecule has 1 heterocycles. The van der Waals surface area contributed by atoms with Gasteiger partial charge in [-0.1, -0.05) is 31.0 Å². The summed E-state index contributed by atoms with van der Waals surface area (Å²) in [6, 6.07) is 16.2. The topological polar surface area (TPSA) is 66.6 Å². The van der Waals surface area contributed by atoms with Crippen LogP contribution >= 0.6 is 0 Å². The molecular formula is C20H23N3O2. The lowest BCUT2D eigenvalue weighted by molar-refractivity contribution is -0.144. The fraction of sp³-hybridized carbons (Fsp3) is 0.300. The average molecular weight is 337 g/mol.